The quantitative estimate of drug-likeness (QED) is 0.869. The van der Waals surface area contributed by atoms with Crippen LogP contribution in [0.5, 0.6) is 0 Å². The molecule has 0 aliphatic carbocycles. The Hall–Kier alpha value is -2.94. The van der Waals surface area contributed by atoms with Crippen molar-refractivity contribution in [2.75, 3.05) is 32.5 Å². The molecule has 0 atom stereocenters. The van der Waals surface area contributed by atoms with Gasteiger partial charge >= 0.3 is 6.18 Å². The first-order valence-corrected chi connectivity index (χ1v) is 8.54. The first-order chi connectivity index (χ1) is 13.1. The van der Waals surface area contributed by atoms with Gasteiger partial charge in [0.25, 0.3) is 11.8 Å². The summed E-state index contributed by atoms with van der Waals surface area (Å²) in [5.74, 6) is -1.08. The standard InChI is InChI=1S/C19H19F3N4O2/c1-25(2)16-10-26(11-16)18(28)13-7-14(19(20,21)22)9-15(8-13)24-17(27)12-3-5-23-6-4-12/h3-9,16H,10-11H2,1-2H3,(H,24,27). The SMILES string of the molecule is CN(C)C1CN(C(=O)c2cc(NC(=O)c3ccncc3)cc(C(F)(F)F)c2)C1. The highest BCUT2D eigenvalue weighted by molar-refractivity contribution is 6.05. The molecule has 1 aliphatic heterocycles. The number of aromatic nitrogens is 1. The molecule has 9 heteroatoms. The van der Waals surface area contributed by atoms with Crippen LogP contribution < -0.4 is 5.32 Å². The number of hydrogen-bond donors (Lipinski definition) is 1. The number of carbonyl (C=O) groups is 2. The van der Waals surface area contributed by atoms with E-state index in [1.54, 1.807) is 0 Å². The first kappa shape index (κ1) is 19.8. The van der Waals surface area contributed by atoms with Gasteiger partial charge in [0, 0.05) is 48.3 Å². The average Bonchev–Trinajstić information content (AvgIpc) is 2.59. The lowest BCUT2D eigenvalue weighted by atomic mass is 10.0. The third kappa shape index (κ3) is 4.30. The summed E-state index contributed by atoms with van der Waals surface area (Å²) in [4.78, 5) is 32.1. The summed E-state index contributed by atoms with van der Waals surface area (Å²) in [6.07, 6.45) is -1.84. The second kappa shape index (κ2) is 7.59. The lowest BCUT2D eigenvalue weighted by Crippen LogP contribution is -2.59. The summed E-state index contributed by atoms with van der Waals surface area (Å²) < 4.78 is 39.9. The maximum Gasteiger partial charge on any atom is 0.416 e. The van der Waals surface area contributed by atoms with Crippen LogP contribution in [-0.2, 0) is 6.18 Å². The van der Waals surface area contributed by atoms with Gasteiger partial charge in [-0.2, -0.15) is 13.2 Å². The van der Waals surface area contributed by atoms with Crippen molar-refractivity contribution in [3.05, 3.63) is 59.4 Å². The minimum absolute atomic E-state index is 0.0929. The fourth-order valence-corrected chi connectivity index (χ4v) is 2.82. The van der Waals surface area contributed by atoms with Crippen LogP contribution in [0.1, 0.15) is 26.3 Å². The molecular formula is C19H19F3N4O2. The molecule has 2 amide bonds. The molecule has 1 aliphatic rings. The van der Waals surface area contributed by atoms with Crippen LogP contribution in [0.4, 0.5) is 18.9 Å². The van der Waals surface area contributed by atoms with Crippen LogP contribution >= 0.6 is 0 Å². The fourth-order valence-electron chi connectivity index (χ4n) is 2.82. The maximum atomic E-state index is 13.3. The summed E-state index contributed by atoms with van der Waals surface area (Å²) in [6.45, 7) is 0.890. The molecule has 0 bridgehead atoms. The highest BCUT2D eigenvalue weighted by Gasteiger charge is 2.35. The van der Waals surface area contributed by atoms with E-state index < -0.39 is 23.6 Å². The van der Waals surface area contributed by atoms with Crippen LogP contribution in [0.2, 0.25) is 0 Å². The molecule has 1 saturated heterocycles. The lowest BCUT2D eigenvalue weighted by molar-refractivity contribution is -0.137. The Bertz CT molecular complexity index is 878. The van der Waals surface area contributed by atoms with E-state index in [0.717, 1.165) is 12.1 Å². The molecule has 0 unspecified atom stereocenters. The van der Waals surface area contributed by atoms with E-state index in [1.807, 2.05) is 19.0 Å². The number of anilines is 1. The molecule has 1 aromatic heterocycles. The highest BCUT2D eigenvalue weighted by Crippen LogP contribution is 2.33. The van der Waals surface area contributed by atoms with Gasteiger partial charge < -0.3 is 15.1 Å². The van der Waals surface area contributed by atoms with E-state index in [9.17, 15) is 22.8 Å². The molecule has 148 valence electrons. The molecule has 1 N–H and O–H groups in total. The monoisotopic (exact) mass is 392 g/mol. The Morgan fingerprint density at radius 2 is 1.75 bits per heavy atom. The van der Waals surface area contributed by atoms with Crippen LogP contribution in [-0.4, -0.2) is 59.8 Å². The number of rotatable bonds is 4. The van der Waals surface area contributed by atoms with Crippen LogP contribution in [0.25, 0.3) is 0 Å². The number of benzene rings is 1. The van der Waals surface area contributed by atoms with E-state index >= 15 is 0 Å². The molecule has 2 heterocycles. The Kier molecular flexibility index (Phi) is 5.37. The number of hydrogen-bond acceptors (Lipinski definition) is 4. The number of pyridine rings is 1. The Labute approximate surface area is 160 Å². The Morgan fingerprint density at radius 1 is 1.11 bits per heavy atom. The Balaban J connectivity index is 1.85. The summed E-state index contributed by atoms with van der Waals surface area (Å²) >= 11 is 0. The second-order valence-electron chi connectivity index (χ2n) is 6.81. The van der Waals surface area contributed by atoms with Gasteiger partial charge in [0.1, 0.15) is 0 Å². The number of amides is 2. The molecule has 3 rings (SSSR count). The molecule has 6 nitrogen and oxygen atoms in total. The van der Waals surface area contributed by atoms with Crippen molar-refractivity contribution in [3.8, 4) is 0 Å². The van der Waals surface area contributed by atoms with Gasteiger partial charge in [0.05, 0.1) is 5.56 Å². The number of likely N-dealkylation sites (N-methyl/N-ethyl adjacent to an activating group) is 1. The normalized spacial score (nSPS) is 14.7. The molecule has 0 radical (unpaired) electrons. The minimum Gasteiger partial charge on any atom is -0.335 e. The summed E-state index contributed by atoms with van der Waals surface area (Å²) in [5, 5.41) is 2.42. The van der Waals surface area contributed by atoms with Crippen LogP contribution in [0, 0.1) is 0 Å². The van der Waals surface area contributed by atoms with Gasteiger partial charge in [-0.1, -0.05) is 0 Å². The maximum absolute atomic E-state index is 13.3. The van der Waals surface area contributed by atoms with Crippen molar-refractivity contribution < 1.29 is 22.8 Å². The van der Waals surface area contributed by atoms with E-state index in [0.29, 0.717) is 13.1 Å². The predicted molar refractivity (Wildman–Crippen MR) is 97.0 cm³/mol. The average molecular weight is 392 g/mol. The van der Waals surface area contributed by atoms with E-state index in [1.165, 1.54) is 35.5 Å². The summed E-state index contributed by atoms with van der Waals surface area (Å²) in [6, 6.07) is 5.95. The van der Waals surface area contributed by atoms with Crippen LogP contribution in [0.3, 0.4) is 0 Å². The number of halogens is 3. The molecule has 0 spiro atoms. The Morgan fingerprint density at radius 3 is 2.32 bits per heavy atom. The van der Waals surface area contributed by atoms with Gasteiger partial charge in [0.2, 0.25) is 0 Å². The van der Waals surface area contributed by atoms with Crippen molar-refractivity contribution in [2.24, 2.45) is 0 Å². The molecule has 28 heavy (non-hydrogen) atoms. The lowest BCUT2D eigenvalue weighted by Gasteiger charge is -2.42. The zero-order valence-corrected chi connectivity index (χ0v) is 15.3. The number of carbonyl (C=O) groups excluding carboxylic acids is 2. The molecule has 1 fully saturated rings. The minimum atomic E-state index is -4.65. The fraction of sp³-hybridized carbons (Fsp3) is 0.316. The van der Waals surface area contributed by atoms with Crippen molar-refractivity contribution in [1.29, 1.82) is 0 Å². The van der Waals surface area contributed by atoms with Crippen molar-refractivity contribution in [3.63, 3.8) is 0 Å². The van der Waals surface area contributed by atoms with Crippen molar-refractivity contribution >= 4 is 17.5 Å². The third-order valence-corrected chi connectivity index (χ3v) is 4.59. The number of alkyl halides is 3. The largest absolute Gasteiger partial charge is 0.416 e. The summed E-state index contributed by atoms with van der Waals surface area (Å²) in [7, 11) is 3.76. The van der Waals surface area contributed by atoms with Gasteiger partial charge in [-0.15, -0.1) is 0 Å². The number of nitrogens with one attached hydrogen (secondary N) is 1. The zero-order chi connectivity index (χ0) is 20.5. The smallest absolute Gasteiger partial charge is 0.335 e. The molecule has 0 saturated carbocycles. The zero-order valence-electron chi connectivity index (χ0n) is 15.3. The number of likely N-dealkylation sites (tertiary alicyclic amines) is 1. The second-order valence-corrected chi connectivity index (χ2v) is 6.81. The molecule has 2 aromatic rings. The van der Waals surface area contributed by atoms with Crippen molar-refractivity contribution in [2.45, 2.75) is 12.2 Å². The number of nitrogens with zero attached hydrogens (tertiary/aromatic N) is 3. The predicted octanol–water partition coefficient (Wildman–Crippen LogP) is 2.74. The third-order valence-electron chi connectivity index (χ3n) is 4.59. The molecular weight excluding hydrogens is 373 g/mol. The van der Waals surface area contributed by atoms with E-state index in [-0.39, 0.29) is 22.9 Å². The summed E-state index contributed by atoms with van der Waals surface area (Å²) in [5.41, 5.74) is -0.952. The van der Waals surface area contributed by atoms with E-state index in [2.05, 4.69) is 10.3 Å². The van der Waals surface area contributed by atoms with Crippen molar-refractivity contribution in [1.82, 2.24) is 14.8 Å². The van der Waals surface area contributed by atoms with Crippen LogP contribution in [0.15, 0.2) is 42.7 Å². The van der Waals surface area contributed by atoms with Gasteiger partial charge in [-0.3, -0.25) is 14.6 Å². The van der Waals surface area contributed by atoms with E-state index in [4.69, 9.17) is 0 Å². The van der Waals surface area contributed by atoms with Gasteiger partial charge in [-0.25, -0.2) is 0 Å². The first-order valence-electron chi connectivity index (χ1n) is 8.54. The highest BCUT2D eigenvalue weighted by atomic mass is 19.4. The topological polar surface area (TPSA) is 65.5 Å². The van der Waals surface area contributed by atoms with Gasteiger partial charge in [-0.05, 0) is 44.4 Å². The van der Waals surface area contributed by atoms with Gasteiger partial charge in [0.15, 0.2) is 0 Å². The molecule has 1 aromatic carbocycles.